The van der Waals surface area contributed by atoms with Crippen LogP contribution in [0.1, 0.15) is 19.3 Å². The maximum Gasteiger partial charge on any atom is 0.254 e. The quantitative estimate of drug-likeness (QED) is 0.564. The van der Waals surface area contributed by atoms with Crippen LogP contribution in [0.2, 0.25) is 0 Å². The Morgan fingerprint density at radius 2 is 2.33 bits per heavy atom. The number of ether oxygens (including phenoxy) is 1. The number of nitrogens with one attached hydrogen (secondary N) is 2. The van der Waals surface area contributed by atoms with E-state index in [1.54, 1.807) is 0 Å². The molecule has 15 heavy (non-hydrogen) atoms. The summed E-state index contributed by atoms with van der Waals surface area (Å²) in [5.74, 6) is -0.282. The van der Waals surface area contributed by atoms with Crippen molar-refractivity contribution in [3.8, 4) is 0 Å². The van der Waals surface area contributed by atoms with E-state index in [2.05, 4.69) is 10.6 Å². The smallest absolute Gasteiger partial charge is 0.254 e. The van der Waals surface area contributed by atoms with Crippen molar-refractivity contribution in [3.05, 3.63) is 0 Å². The van der Waals surface area contributed by atoms with Crippen LogP contribution in [0, 0.1) is 0 Å². The second-order valence-corrected chi connectivity index (χ2v) is 4.33. The van der Waals surface area contributed by atoms with Crippen LogP contribution in [-0.2, 0) is 9.53 Å². The Hall–Kier alpha value is -0.650. The number of carbonyl (C=O) groups is 1. The van der Waals surface area contributed by atoms with Crippen LogP contribution >= 0.6 is 0 Å². The molecule has 0 aromatic carbocycles. The Kier molecular flexibility index (Phi) is 3.23. The summed E-state index contributed by atoms with van der Waals surface area (Å²) >= 11 is 0. The lowest BCUT2D eigenvalue weighted by Gasteiger charge is -2.36. The van der Waals surface area contributed by atoms with E-state index in [9.17, 15) is 9.90 Å². The predicted octanol–water partition coefficient (Wildman–Crippen LogP) is -0.994. The third-order valence-corrected chi connectivity index (χ3v) is 3.02. The minimum atomic E-state index is -1.19. The van der Waals surface area contributed by atoms with Crippen molar-refractivity contribution in [1.82, 2.24) is 10.6 Å². The molecular formula is C10H18N2O3. The van der Waals surface area contributed by atoms with Crippen LogP contribution in [0.15, 0.2) is 0 Å². The number of amides is 1. The average molecular weight is 214 g/mol. The first-order valence-corrected chi connectivity index (χ1v) is 5.54. The molecule has 2 saturated heterocycles. The number of β-amino-alcohol motifs (C(OH)–C–C–N with tert-alkyl or cyclic N) is 1. The maximum absolute atomic E-state index is 11.5. The van der Waals surface area contributed by atoms with Crippen LogP contribution in [0.3, 0.4) is 0 Å². The number of hydrogen-bond donors (Lipinski definition) is 3. The lowest BCUT2D eigenvalue weighted by molar-refractivity contribution is -0.145. The highest BCUT2D eigenvalue weighted by atomic mass is 16.5. The molecule has 0 aromatic rings. The molecule has 1 amide bonds. The second-order valence-electron chi connectivity index (χ2n) is 4.33. The van der Waals surface area contributed by atoms with Crippen LogP contribution in [-0.4, -0.2) is 49.0 Å². The van der Waals surface area contributed by atoms with E-state index >= 15 is 0 Å². The Balaban J connectivity index is 1.70. The fraction of sp³-hybridized carbons (Fsp3) is 0.900. The first-order chi connectivity index (χ1) is 7.21. The molecule has 3 N–H and O–H groups in total. The fourth-order valence-electron chi connectivity index (χ4n) is 1.86. The average Bonchev–Trinajstić information content (AvgIpc) is 2.24. The lowest BCUT2D eigenvalue weighted by atomic mass is 9.96. The lowest BCUT2D eigenvalue weighted by Crippen LogP contribution is -2.67. The predicted molar refractivity (Wildman–Crippen MR) is 54.4 cm³/mol. The van der Waals surface area contributed by atoms with Gasteiger partial charge in [-0.15, -0.1) is 0 Å². The number of hydrogen-bond acceptors (Lipinski definition) is 4. The standard InChI is InChI=1S/C10H18N2O3/c13-9(10(14)6-11-7-10)12-5-8-3-1-2-4-15-8/h8,11,14H,1-7H2,(H,12,13). The first kappa shape index (κ1) is 10.9. The van der Waals surface area contributed by atoms with E-state index in [1.165, 1.54) is 0 Å². The van der Waals surface area contributed by atoms with Crippen molar-refractivity contribution in [2.75, 3.05) is 26.2 Å². The van der Waals surface area contributed by atoms with Crippen molar-refractivity contribution >= 4 is 5.91 Å². The molecule has 2 heterocycles. The minimum absolute atomic E-state index is 0.124. The van der Waals surface area contributed by atoms with Gasteiger partial charge in [-0.1, -0.05) is 0 Å². The Morgan fingerprint density at radius 3 is 2.87 bits per heavy atom. The van der Waals surface area contributed by atoms with E-state index in [0.717, 1.165) is 25.9 Å². The Labute approximate surface area is 89.2 Å². The fourth-order valence-corrected chi connectivity index (χ4v) is 1.86. The van der Waals surface area contributed by atoms with E-state index < -0.39 is 5.60 Å². The van der Waals surface area contributed by atoms with Gasteiger partial charge in [-0.3, -0.25) is 4.79 Å². The molecular weight excluding hydrogens is 196 g/mol. The molecule has 2 aliphatic heterocycles. The van der Waals surface area contributed by atoms with Gasteiger partial charge in [0.25, 0.3) is 5.91 Å². The number of carbonyl (C=O) groups excluding carboxylic acids is 1. The van der Waals surface area contributed by atoms with Crippen LogP contribution < -0.4 is 10.6 Å². The summed E-state index contributed by atoms with van der Waals surface area (Å²) in [7, 11) is 0. The van der Waals surface area contributed by atoms with Gasteiger partial charge in [0.1, 0.15) is 0 Å². The summed E-state index contributed by atoms with van der Waals surface area (Å²) in [5, 5.41) is 15.3. The van der Waals surface area contributed by atoms with Crippen LogP contribution in [0.25, 0.3) is 0 Å². The Morgan fingerprint density at radius 1 is 1.53 bits per heavy atom. The summed E-state index contributed by atoms with van der Waals surface area (Å²) in [6, 6.07) is 0. The highest BCUT2D eigenvalue weighted by Crippen LogP contribution is 2.13. The maximum atomic E-state index is 11.5. The highest BCUT2D eigenvalue weighted by Gasteiger charge is 2.42. The van der Waals surface area contributed by atoms with E-state index in [4.69, 9.17) is 4.74 Å². The Bertz CT molecular complexity index is 235. The van der Waals surface area contributed by atoms with E-state index in [0.29, 0.717) is 19.6 Å². The molecule has 2 fully saturated rings. The summed E-state index contributed by atoms with van der Waals surface area (Å²) in [6.45, 7) is 2.00. The van der Waals surface area contributed by atoms with Gasteiger partial charge < -0.3 is 20.5 Å². The van der Waals surface area contributed by atoms with Crippen LogP contribution in [0.4, 0.5) is 0 Å². The van der Waals surface area contributed by atoms with Crippen molar-refractivity contribution in [3.63, 3.8) is 0 Å². The molecule has 2 rings (SSSR count). The molecule has 0 radical (unpaired) electrons. The highest BCUT2D eigenvalue weighted by molar-refractivity contribution is 5.86. The van der Waals surface area contributed by atoms with Gasteiger partial charge in [0.2, 0.25) is 0 Å². The third-order valence-electron chi connectivity index (χ3n) is 3.02. The van der Waals surface area contributed by atoms with Crippen molar-refractivity contribution in [2.45, 2.75) is 31.0 Å². The van der Waals surface area contributed by atoms with Crippen LogP contribution in [0.5, 0.6) is 0 Å². The summed E-state index contributed by atoms with van der Waals surface area (Å²) in [5.41, 5.74) is -1.19. The first-order valence-electron chi connectivity index (χ1n) is 5.54. The molecule has 0 saturated carbocycles. The van der Waals surface area contributed by atoms with Gasteiger partial charge >= 0.3 is 0 Å². The zero-order valence-corrected chi connectivity index (χ0v) is 8.79. The van der Waals surface area contributed by atoms with Gasteiger partial charge in [0.15, 0.2) is 5.60 Å². The molecule has 5 nitrogen and oxygen atoms in total. The molecule has 0 bridgehead atoms. The van der Waals surface area contributed by atoms with Crippen molar-refractivity contribution < 1.29 is 14.6 Å². The molecule has 0 spiro atoms. The zero-order chi connectivity index (χ0) is 10.7. The third kappa shape index (κ3) is 2.48. The molecule has 86 valence electrons. The zero-order valence-electron chi connectivity index (χ0n) is 8.79. The molecule has 1 atom stereocenters. The largest absolute Gasteiger partial charge is 0.377 e. The molecule has 0 aliphatic carbocycles. The molecule has 0 aromatic heterocycles. The van der Waals surface area contributed by atoms with E-state index in [1.807, 2.05) is 0 Å². The topological polar surface area (TPSA) is 70.6 Å². The SMILES string of the molecule is O=C(NCC1CCCCO1)C1(O)CNC1. The monoisotopic (exact) mass is 214 g/mol. The van der Waals surface area contributed by atoms with Gasteiger partial charge in [-0.05, 0) is 19.3 Å². The molecule has 2 aliphatic rings. The molecule has 5 heteroatoms. The summed E-state index contributed by atoms with van der Waals surface area (Å²) in [4.78, 5) is 11.5. The number of aliphatic hydroxyl groups is 1. The van der Waals surface area contributed by atoms with Gasteiger partial charge in [-0.2, -0.15) is 0 Å². The summed E-state index contributed by atoms with van der Waals surface area (Å²) < 4.78 is 5.48. The molecule has 1 unspecified atom stereocenters. The number of rotatable bonds is 3. The van der Waals surface area contributed by atoms with Crippen molar-refractivity contribution in [2.24, 2.45) is 0 Å². The van der Waals surface area contributed by atoms with Gasteiger partial charge in [0.05, 0.1) is 6.10 Å². The van der Waals surface area contributed by atoms with Crippen molar-refractivity contribution in [1.29, 1.82) is 0 Å². The van der Waals surface area contributed by atoms with E-state index in [-0.39, 0.29) is 12.0 Å². The second kappa shape index (κ2) is 4.47. The summed E-state index contributed by atoms with van der Waals surface area (Å²) in [6.07, 6.45) is 3.39. The van der Waals surface area contributed by atoms with Gasteiger partial charge in [-0.25, -0.2) is 0 Å². The normalized spacial score (nSPS) is 29.3. The minimum Gasteiger partial charge on any atom is -0.377 e. The van der Waals surface area contributed by atoms with Gasteiger partial charge in [0, 0.05) is 26.2 Å².